The van der Waals surface area contributed by atoms with Crippen molar-refractivity contribution in [1.29, 1.82) is 0 Å². The fraction of sp³-hybridized carbons (Fsp3) is 0.571. The topological polar surface area (TPSA) is 72.2 Å². The third-order valence-corrected chi connectivity index (χ3v) is 6.78. The summed E-state index contributed by atoms with van der Waals surface area (Å²) in [6.45, 7) is 9.02. The van der Waals surface area contributed by atoms with Gasteiger partial charge in [-0.1, -0.05) is 39.3 Å². The molecule has 1 saturated carbocycles. The third kappa shape index (κ3) is 2.43. The highest BCUT2D eigenvalue weighted by atomic mass is 35.5. The Bertz CT molecular complexity index is 625. The van der Waals surface area contributed by atoms with Crippen LogP contribution in [0.3, 0.4) is 0 Å². The minimum atomic E-state index is -3.63. The van der Waals surface area contributed by atoms with Crippen molar-refractivity contribution >= 4 is 27.3 Å². The van der Waals surface area contributed by atoms with E-state index in [1.54, 1.807) is 6.07 Å². The third-order valence-electron chi connectivity index (χ3n) is 5.06. The van der Waals surface area contributed by atoms with Crippen LogP contribution in [-0.4, -0.2) is 15.0 Å². The van der Waals surface area contributed by atoms with Crippen LogP contribution in [0.1, 0.15) is 27.7 Å². The molecule has 1 aromatic carbocycles. The number of nitrogens with two attached hydrogens (primary N) is 1. The molecular weight excluding hydrogens is 296 g/mol. The van der Waals surface area contributed by atoms with Crippen molar-refractivity contribution in [3.63, 3.8) is 0 Å². The molecule has 1 fully saturated rings. The maximum atomic E-state index is 12.3. The monoisotopic (exact) mass is 316 g/mol. The summed E-state index contributed by atoms with van der Waals surface area (Å²) in [4.78, 5) is 0.0428. The Kier molecular flexibility index (Phi) is 3.60. The Balaban J connectivity index is 2.16. The van der Waals surface area contributed by atoms with Crippen molar-refractivity contribution in [2.24, 2.45) is 16.7 Å². The molecule has 0 bridgehead atoms. The molecule has 0 heterocycles. The minimum absolute atomic E-state index is 0.0428. The molecule has 20 heavy (non-hydrogen) atoms. The van der Waals surface area contributed by atoms with Crippen LogP contribution in [0, 0.1) is 16.7 Å². The van der Waals surface area contributed by atoms with Gasteiger partial charge in [-0.15, -0.1) is 0 Å². The number of anilines is 1. The van der Waals surface area contributed by atoms with E-state index >= 15 is 0 Å². The number of hydrogen-bond acceptors (Lipinski definition) is 3. The van der Waals surface area contributed by atoms with E-state index in [4.69, 9.17) is 17.3 Å². The second-order valence-corrected chi connectivity index (χ2v) is 8.70. The van der Waals surface area contributed by atoms with Crippen LogP contribution in [0.4, 0.5) is 5.69 Å². The van der Waals surface area contributed by atoms with E-state index in [9.17, 15) is 8.42 Å². The van der Waals surface area contributed by atoms with E-state index < -0.39 is 10.0 Å². The lowest BCUT2D eigenvalue weighted by Crippen LogP contribution is -2.28. The average Bonchev–Trinajstić information content (AvgIpc) is 2.70. The van der Waals surface area contributed by atoms with Gasteiger partial charge in [0.1, 0.15) is 4.90 Å². The van der Waals surface area contributed by atoms with Crippen LogP contribution < -0.4 is 10.5 Å². The molecule has 0 saturated heterocycles. The van der Waals surface area contributed by atoms with Crippen molar-refractivity contribution in [3.05, 3.63) is 23.2 Å². The van der Waals surface area contributed by atoms with Gasteiger partial charge in [-0.05, 0) is 34.9 Å². The fourth-order valence-electron chi connectivity index (χ4n) is 2.86. The van der Waals surface area contributed by atoms with Gasteiger partial charge >= 0.3 is 0 Å². The number of sulfonamides is 1. The number of rotatable bonds is 4. The molecule has 4 nitrogen and oxygen atoms in total. The standard InChI is InChI=1S/C14H21ClN2O2S/c1-13(2)12(14(13,3)4)8-17-20(18,19)11-7-9(15)5-6-10(11)16/h5-7,12,17H,8,16H2,1-4H3. The van der Waals surface area contributed by atoms with Gasteiger partial charge in [0.25, 0.3) is 0 Å². The van der Waals surface area contributed by atoms with Gasteiger partial charge in [0.05, 0.1) is 5.69 Å². The van der Waals surface area contributed by atoms with Crippen LogP contribution in [-0.2, 0) is 10.0 Å². The van der Waals surface area contributed by atoms with Crippen molar-refractivity contribution in [3.8, 4) is 0 Å². The van der Waals surface area contributed by atoms with Crippen LogP contribution in [0.2, 0.25) is 5.02 Å². The van der Waals surface area contributed by atoms with Crippen molar-refractivity contribution in [2.45, 2.75) is 32.6 Å². The van der Waals surface area contributed by atoms with Crippen LogP contribution in [0.25, 0.3) is 0 Å². The summed E-state index contributed by atoms with van der Waals surface area (Å²) in [5.41, 5.74) is 6.20. The summed E-state index contributed by atoms with van der Waals surface area (Å²) in [5, 5.41) is 0.353. The van der Waals surface area contributed by atoms with Crippen LogP contribution >= 0.6 is 11.6 Å². The van der Waals surface area contributed by atoms with E-state index in [1.165, 1.54) is 12.1 Å². The highest BCUT2D eigenvalue weighted by Gasteiger charge is 2.64. The maximum Gasteiger partial charge on any atom is 0.242 e. The lowest BCUT2D eigenvalue weighted by Gasteiger charge is -2.10. The molecule has 0 unspecified atom stereocenters. The van der Waals surface area contributed by atoms with Gasteiger partial charge < -0.3 is 5.73 Å². The van der Waals surface area contributed by atoms with Crippen molar-refractivity contribution in [1.82, 2.24) is 4.72 Å². The minimum Gasteiger partial charge on any atom is -0.398 e. The summed E-state index contributed by atoms with van der Waals surface area (Å²) >= 11 is 5.84. The Morgan fingerprint density at radius 1 is 1.25 bits per heavy atom. The number of nitrogen functional groups attached to an aromatic ring is 1. The largest absolute Gasteiger partial charge is 0.398 e. The number of hydrogen-bond donors (Lipinski definition) is 2. The molecule has 6 heteroatoms. The predicted molar refractivity (Wildman–Crippen MR) is 82.1 cm³/mol. The zero-order valence-electron chi connectivity index (χ0n) is 12.2. The molecule has 0 radical (unpaired) electrons. The predicted octanol–water partition coefficient (Wildman–Crippen LogP) is 2.88. The molecule has 2 rings (SSSR count). The highest BCUT2D eigenvalue weighted by molar-refractivity contribution is 7.89. The quantitative estimate of drug-likeness (QED) is 0.839. The molecule has 0 aliphatic heterocycles. The lowest BCUT2D eigenvalue weighted by molar-refractivity contribution is 0.457. The zero-order chi connectivity index (χ0) is 15.3. The fourth-order valence-corrected chi connectivity index (χ4v) is 4.29. The lowest BCUT2D eigenvalue weighted by atomic mass is 10.0. The van der Waals surface area contributed by atoms with E-state index in [2.05, 4.69) is 32.4 Å². The first-order valence-electron chi connectivity index (χ1n) is 6.55. The molecule has 112 valence electrons. The van der Waals surface area contributed by atoms with E-state index in [-0.39, 0.29) is 21.4 Å². The molecule has 3 N–H and O–H groups in total. The molecule has 0 aromatic heterocycles. The molecule has 1 aromatic rings. The van der Waals surface area contributed by atoms with E-state index in [1.807, 2.05) is 0 Å². The van der Waals surface area contributed by atoms with Gasteiger partial charge in [0.15, 0.2) is 0 Å². The first-order chi connectivity index (χ1) is 9.00. The number of halogens is 1. The van der Waals surface area contributed by atoms with Crippen LogP contribution in [0.15, 0.2) is 23.1 Å². The Morgan fingerprint density at radius 2 is 1.80 bits per heavy atom. The average molecular weight is 317 g/mol. The Morgan fingerprint density at radius 3 is 2.30 bits per heavy atom. The van der Waals surface area contributed by atoms with Gasteiger partial charge in [-0.2, -0.15) is 0 Å². The second kappa shape index (κ2) is 4.61. The second-order valence-electron chi connectivity index (χ2n) is 6.53. The van der Waals surface area contributed by atoms with Crippen LogP contribution in [0.5, 0.6) is 0 Å². The first-order valence-corrected chi connectivity index (χ1v) is 8.41. The number of nitrogens with one attached hydrogen (secondary N) is 1. The van der Waals surface area contributed by atoms with Gasteiger partial charge in [0.2, 0.25) is 10.0 Å². The molecule has 0 spiro atoms. The maximum absolute atomic E-state index is 12.3. The summed E-state index contributed by atoms with van der Waals surface area (Å²) in [7, 11) is -3.63. The first kappa shape index (κ1) is 15.6. The van der Waals surface area contributed by atoms with Gasteiger partial charge in [-0.3, -0.25) is 0 Å². The smallest absolute Gasteiger partial charge is 0.242 e. The van der Waals surface area contributed by atoms with E-state index in [0.29, 0.717) is 17.5 Å². The highest BCUT2D eigenvalue weighted by Crippen LogP contribution is 2.67. The SMILES string of the molecule is CC1(C)C(CNS(=O)(=O)c2cc(Cl)ccc2N)C1(C)C. The van der Waals surface area contributed by atoms with Gasteiger partial charge in [-0.25, -0.2) is 13.1 Å². The normalized spacial score (nSPS) is 20.9. The summed E-state index contributed by atoms with van der Waals surface area (Å²) in [6.07, 6.45) is 0. The molecule has 0 amide bonds. The summed E-state index contributed by atoms with van der Waals surface area (Å²) in [6, 6.07) is 4.45. The van der Waals surface area contributed by atoms with E-state index in [0.717, 1.165) is 0 Å². The summed E-state index contributed by atoms with van der Waals surface area (Å²) < 4.78 is 27.3. The van der Waals surface area contributed by atoms with Crippen molar-refractivity contribution in [2.75, 3.05) is 12.3 Å². The Hall–Kier alpha value is -0.780. The molecule has 1 aliphatic rings. The molecule has 1 aliphatic carbocycles. The molecular formula is C14H21ClN2O2S. The molecule has 0 atom stereocenters. The Labute approximate surface area is 125 Å². The zero-order valence-corrected chi connectivity index (χ0v) is 13.8. The number of benzene rings is 1. The van der Waals surface area contributed by atoms with Gasteiger partial charge in [0, 0.05) is 11.6 Å². The summed E-state index contributed by atoms with van der Waals surface area (Å²) in [5.74, 6) is 0.310. The van der Waals surface area contributed by atoms with Crippen molar-refractivity contribution < 1.29 is 8.42 Å².